The third-order valence-electron chi connectivity index (χ3n) is 5.72. The third kappa shape index (κ3) is 5.08. The summed E-state index contributed by atoms with van der Waals surface area (Å²) in [4.78, 5) is 19.6. The molecule has 2 aliphatic rings. The number of thiophene rings is 1. The van der Waals surface area contributed by atoms with Crippen molar-refractivity contribution in [1.29, 1.82) is 0 Å². The summed E-state index contributed by atoms with van der Waals surface area (Å²) in [5.41, 5.74) is 0. The van der Waals surface area contributed by atoms with E-state index < -0.39 is 9.84 Å². The van der Waals surface area contributed by atoms with Crippen LogP contribution in [-0.4, -0.2) is 61.3 Å². The fraction of sp³-hybridized carbons (Fsp3) is 0.737. The second-order valence-electron chi connectivity index (χ2n) is 7.76. The van der Waals surface area contributed by atoms with Crippen LogP contribution >= 0.6 is 11.3 Å². The summed E-state index contributed by atoms with van der Waals surface area (Å²) in [6.45, 7) is 3.44. The lowest BCUT2D eigenvalue weighted by atomic mass is 10.1. The number of aryl methyl sites for hydroxylation is 1. The number of carbonyl (C=O) groups excluding carboxylic acids is 1. The van der Waals surface area contributed by atoms with Gasteiger partial charge in [0.15, 0.2) is 9.84 Å². The van der Waals surface area contributed by atoms with Gasteiger partial charge in [0.05, 0.1) is 18.1 Å². The highest BCUT2D eigenvalue weighted by Crippen LogP contribution is 2.27. The highest BCUT2D eigenvalue weighted by atomic mass is 32.2. The first-order valence-corrected chi connectivity index (χ1v) is 12.2. The van der Waals surface area contributed by atoms with Crippen molar-refractivity contribution in [2.45, 2.75) is 64.1 Å². The highest BCUT2D eigenvalue weighted by molar-refractivity contribution is 7.91. The van der Waals surface area contributed by atoms with E-state index in [0.717, 1.165) is 12.8 Å². The first-order valence-electron chi connectivity index (χ1n) is 9.59. The molecule has 1 atom stereocenters. The van der Waals surface area contributed by atoms with Crippen LogP contribution in [0.5, 0.6) is 0 Å². The summed E-state index contributed by atoms with van der Waals surface area (Å²) in [5.74, 6) is 0.719. The highest BCUT2D eigenvalue weighted by Gasteiger charge is 2.32. The van der Waals surface area contributed by atoms with Gasteiger partial charge in [-0.05, 0) is 45.4 Å². The summed E-state index contributed by atoms with van der Waals surface area (Å²) in [6, 6.07) is 4.67. The molecule has 2 fully saturated rings. The molecule has 26 heavy (non-hydrogen) atoms. The molecule has 0 N–H and O–H groups in total. The lowest BCUT2D eigenvalue weighted by Crippen LogP contribution is -2.41. The van der Waals surface area contributed by atoms with Gasteiger partial charge >= 0.3 is 0 Å². The Kier molecular flexibility index (Phi) is 6.41. The van der Waals surface area contributed by atoms with Crippen molar-refractivity contribution in [2.24, 2.45) is 0 Å². The molecule has 0 bridgehead atoms. The van der Waals surface area contributed by atoms with Crippen LogP contribution < -0.4 is 0 Å². The lowest BCUT2D eigenvalue weighted by Gasteiger charge is -2.30. The zero-order valence-electron chi connectivity index (χ0n) is 15.8. The lowest BCUT2D eigenvalue weighted by molar-refractivity contribution is -0.134. The number of amides is 1. The van der Waals surface area contributed by atoms with Crippen molar-refractivity contribution in [1.82, 2.24) is 9.80 Å². The van der Waals surface area contributed by atoms with Crippen LogP contribution in [0.25, 0.3) is 0 Å². The average molecular weight is 399 g/mol. The minimum atomic E-state index is -2.88. The van der Waals surface area contributed by atoms with Crippen LogP contribution in [0.1, 0.15) is 48.3 Å². The minimum absolute atomic E-state index is 0.0627. The topological polar surface area (TPSA) is 57.7 Å². The Hall–Kier alpha value is -0.920. The SMILES string of the molecule is Cc1ccc(CN(C(=O)CCN(C)[C@H]2CCS(=O)(=O)C2)C2CCCC2)s1. The molecule has 2 heterocycles. The van der Waals surface area contributed by atoms with Crippen LogP contribution in [0.3, 0.4) is 0 Å². The molecule has 0 radical (unpaired) electrons. The Bertz CT molecular complexity index is 723. The number of rotatable bonds is 7. The fourth-order valence-corrected chi connectivity index (χ4v) is 6.79. The summed E-state index contributed by atoms with van der Waals surface area (Å²) >= 11 is 1.77. The van der Waals surface area contributed by atoms with Gasteiger partial charge in [0.1, 0.15) is 0 Å². The summed E-state index contributed by atoms with van der Waals surface area (Å²) in [7, 11) is -0.937. The number of hydrogen-bond donors (Lipinski definition) is 0. The molecule has 1 amide bonds. The monoisotopic (exact) mass is 398 g/mol. The summed E-state index contributed by atoms with van der Waals surface area (Å²) in [6.07, 6.45) is 5.77. The third-order valence-corrected chi connectivity index (χ3v) is 8.45. The van der Waals surface area contributed by atoms with Gasteiger partial charge in [-0.25, -0.2) is 8.42 Å². The van der Waals surface area contributed by atoms with E-state index in [-0.39, 0.29) is 23.5 Å². The molecule has 5 nitrogen and oxygen atoms in total. The first-order chi connectivity index (χ1) is 12.3. The Morgan fingerprint density at radius 3 is 2.50 bits per heavy atom. The smallest absolute Gasteiger partial charge is 0.224 e. The molecule has 7 heteroatoms. The average Bonchev–Trinajstić information content (AvgIpc) is 3.31. The predicted octanol–water partition coefficient (Wildman–Crippen LogP) is 2.84. The van der Waals surface area contributed by atoms with Crippen molar-refractivity contribution in [3.63, 3.8) is 0 Å². The van der Waals surface area contributed by atoms with Crippen LogP contribution in [0, 0.1) is 6.92 Å². The van der Waals surface area contributed by atoms with Gasteiger partial charge in [-0.1, -0.05) is 12.8 Å². The van der Waals surface area contributed by atoms with Crippen molar-refractivity contribution >= 4 is 27.1 Å². The largest absolute Gasteiger partial charge is 0.335 e. The van der Waals surface area contributed by atoms with E-state index in [2.05, 4.69) is 28.9 Å². The summed E-state index contributed by atoms with van der Waals surface area (Å²) in [5, 5.41) is 0. The molecule has 0 spiro atoms. The Balaban J connectivity index is 1.58. The number of carbonyl (C=O) groups is 1. The Morgan fingerprint density at radius 2 is 1.92 bits per heavy atom. The normalized spacial score (nSPS) is 23.0. The predicted molar refractivity (Wildman–Crippen MR) is 106 cm³/mol. The molecule has 1 aliphatic carbocycles. The second-order valence-corrected chi connectivity index (χ2v) is 11.4. The maximum atomic E-state index is 13.0. The van der Waals surface area contributed by atoms with E-state index in [1.807, 2.05) is 7.05 Å². The van der Waals surface area contributed by atoms with Gasteiger partial charge in [0.2, 0.25) is 5.91 Å². The molecule has 1 saturated carbocycles. The molecule has 1 aromatic rings. The molecule has 1 saturated heterocycles. The molecule has 1 aromatic heterocycles. The van der Waals surface area contributed by atoms with Crippen LogP contribution in [0.4, 0.5) is 0 Å². The Labute approximate surface area is 161 Å². The molecular weight excluding hydrogens is 368 g/mol. The molecular formula is C19H30N2O3S2. The van der Waals surface area contributed by atoms with E-state index in [1.165, 1.54) is 22.6 Å². The van der Waals surface area contributed by atoms with E-state index in [1.54, 1.807) is 11.3 Å². The van der Waals surface area contributed by atoms with Gasteiger partial charge in [0.25, 0.3) is 0 Å². The van der Waals surface area contributed by atoms with Crippen molar-refractivity contribution in [2.75, 3.05) is 25.1 Å². The molecule has 1 aliphatic heterocycles. The van der Waals surface area contributed by atoms with Crippen LogP contribution in [-0.2, 0) is 21.2 Å². The molecule has 146 valence electrons. The van der Waals surface area contributed by atoms with E-state index in [0.29, 0.717) is 32.0 Å². The van der Waals surface area contributed by atoms with Gasteiger partial charge in [-0.2, -0.15) is 0 Å². The second kappa shape index (κ2) is 8.40. The molecule has 3 rings (SSSR count). The van der Waals surface area contributed by atoms with Crippen molar-refractivity contribution in [3.8, 4) is 0 Å². The number of nitrogens with zero attached hydrogens (tertiary/aromatic N) is 2. The van der Waals surface area contributed by atoms with E-state index in [9.17, 15) is 13.2 Å². The summed E-state index contributed by atoms with van der Waals surface area (Å²) < 4.78 is 23.3. The fourth-order valence-electron chi connectivity index (χ4n) is 4.10. The van der Waals surface area contributed by atoms with E-state index in [4.69, 9.17) is 0 Å². The molecule has 0 unspecified atom stereocenters. The maximum Gasteiger partial charge on any atom is 0.224 e. The van der Waals surface area contributed by atoms with Gasteiger partial charge in [-0.3, -0.25) is 4.79 Å². The zero-order chi connectivity index (χ0) is 18.7. The van der Waals surface area contributed by atoms with Gasteiger partial charge in [-0.15, -0.1) is 11.3 Å². The first kappa shape index (κ1) is 19.8. The van der Waals surface area contributed by atoms with Crippen LogP contribution in [0.15, 0.2) is 12.1 Å². The van der Waals surface area contributed by atoms with Crippen LogP contribution in [0.2, 0.25) is 0 Å². The maximum absolute atomic E-state index is 13.0. The standard InChI is InChI=1S/C19H30N2O3S2/c1-15-7-8-18(25-15)13-21(16-5-3-4-6-16)19(22)9-11-20(2)17-10-12-26(23,24)14-17/h7-8,16-17H,3-6,9-14H2,1-2H3/t17-/m0/s1. The number of hydrogen-bond acceptors (Lipinski definition) is 5. The Morgan fingerprint density at radius 1 is 1.19 bits per heavy atom. The minimum Gasteiger partial charge on any atom is -0.335 e. The van der Waals surface area contributed by atoms with Gasteiger partial charge < -0.3 is 9.80 Å². The molecule has 0 aromatic carbocycles. The van der Waals surface area contributed by atoms with E-state index >= 15 is 0 Å². The zero-order valence-corrected chi connectivity index (χ0v) is 17.4. The quantitative estimate of drug-likeness (QED) is 0.709. The van der Waals surface area contributed by atoms with Crippen molar-refractivity contribution < 1.29 is 13.2 Å². The van der Waals surface area contributed by atoms with Gasteiger partial charge in [0, 0.05) is 34.8 Å². The van der Waals surface area contributed by atoms with Crippen molar-refractivity contribution in [3.05, 3.63) is 21.9 Å². The number of sulfone groups is 1.